The van der Waals surface area contributed by atoms with Crippen LogP contribution < -0.4 is 4.72 Å². The van der Waals surface area contributed by atoms with Crippen LogP contribution >= 0.6 is 27.3 Å². The second kappa shape index (κ2) is 6.82. The Labute approximate surface area is 130 Å². The molecule has 0 atom stereocenters. The number of hydrogen-bond acceptors (Lipinski definition) is 4. The highest BCUT2D eigenvalue weighted by Gasteiger charge is 2.13. The van der Waals surface area contributed by atoms with Crippen LogP contribution in [0.15, 0.2) is 45.1 Å². The van der Waals surface area contributed by atoms with Gasteiger partial charge in [-0.05, 0) is 52.2 Å². The lowest BCUT2D eigenvalue weighted by atomic mass is 10.2. The molecule has 0 aliphatic carbocycles. The van der Waals surface area contributed by atoms with Gasteiger partial charge in [0.15, 0.2) is 0 Å². The summed E-state index contributed by atoms with van der Waals surface area (Å²) >= 11 is 4.84. The predicted molar refractivity (Wildman–Crippen MR) is 83.3 cm³/mol. The third-order valence-electron chi connectivity index (χ3n) is 2.70. The Bertz CT molecular complexity index is 665. The first-order chi connectivity index (χ1) is 9.51. The number of halogens is 1. The molecule has 1 aromatic heterocycles. The minimum Gasteiger partial charge on any atom is -0.396 e. The maximum atomic E-state index is 12.1. The van der Waals surface area contributed by atoms with E-state index in [1.807, 2.05) is 12.1 Å². The van der Waals surface area contributed by atoms with Crippen molar-refractivity contribution in [1.82, 2.24) is 4.72 Å². The van der Waals surface area contributed by atoms with Gasteiger partial charge in [0, 0.05) is 18.0 Å². The number of aliphatic hydroxyl groups is 1. The fraction of sp³-hybridized carbons (Fsp3) is 0.231. The lowest BCUT2D eigenvalue weighted by molar-refractivity contribution is 0.299. The molecule has 2 aromatic rings. The summed E-state index contributed by atoms with van der Waals surface area (Å²) in [4.78, 5) is 1.17. The fourth-order valence-electron chi connectivity index (χ4n) is 1.66. The van der Waals surface area contributed by atoms with Crippen LogP contribution in [0.5, 0.6) is 0 Å². The molecule has 20 heavy (non-hydrogen) atoms. The minimum absolute atomic E-state index is 0.0532. The van der Waals surface area contributed by atoms with E-state index in [0.29, 0.717) is 6.42 Å². The first-order valence-corrected chi connectivity index (χ1v) is 9.04. The highest BCUT2D eigenvalue weighted by Crippen LogP contribution is 2.22. The third-order valence-corrected chi connectivity index (χ3v) is 5.74. The Balaban J connectivity index is 2.05. The predicted octanol–water partition coefficient (Wildman–Crippen LogP) is 2.52. The Morgan fingerprint density at radius 2 is 1.85 bits per heavy atom. The van der Waals surface area contributed by atoms with Gasteiger partial charge in [0.25, 0.3) is 0 Å². The number of nitrogens with one attached hydrogen (secondary N) is 1. The summed E-state index contributed by atoms with van der Waals surface area (Å²) in [6.07, 6.45) is 0.525. The molecule has 0 spiro atoms. The van der Waals surface area contributed by atoms with Gasteiger partial charge in [-0.2, -0.15) is 0 Å². The van der Waals surface area contributed by atoms with Gasteiger partial charge in [-0.1, -0.05) is 12.1 Å². The summed E-state index contributed by atoms with van der Waals surface area (Å²) in [5.74, 6) is 0. The topological polar surface area (TPSA) is 66.4 Å². The Morgan fingerprint density at radius 1 is 1.15 bits per heavy atom. The third kappa shape index (κ3) is 4.13. The molecule has 0 radical (unpaired) electrons. The van der Waals surface area contributed by atoms with E-state index in [1.54, 1.807) is 24.3 Å². The van der Waals surface area contributed by atoms with Crippen molar-refractivity contribution in [3.63, 3.8) is 0 Å². The molecule has 108 valence electrons. The normalized spacial score (nSPS) is 11.7. The Hall–Kier alpha value is -0.730. The summed E-state index contributed by atoms with van der Waals surface area (Å²) in [6.45, 7) is 0.328. The van der Waals surface area contributed by atoms with Crippen LogP contribution in [0.2, 0.25) is 0 Å². The van der Waals surface area contributed by atoms with Crippen LogP contribution in [0.1, 0.15) is 10.4 Å². The maximum absolute atomic E-state index is 12.1. The van der Waals surface area contributed by atoms with Gasteiger partial charge >= 0.3 is 0 Å². The van der Waals surface area contributed by atoms with Crippen molar-refractivity contribution in [2.45, 2.75) is 17.9 Å². The minimum atomic E-state index is -3.50. The van der Waals surface area contributed by atoms with Crippen LogP contribution in [0, 0.1) is 0 Å². The van der Waals surface area contributed by atoms with Crippen molar-refractivity contribution in [3.8, 4) is 0 Å². The van der Waals surface area contributed by atoms with Gasteiger partial charge in [-0.15, -0.1) is 11.3 Å². The van der Waals surface area contributed by atoms with Gasteiger partial charge in [0.05, 0.1) is 8.68 Å². The molecule has 4 nitrogen and oxygen atoms in total. The number of thiophene rings is 1. The SMILES string of the molecule is O=S(=O)(NCc1ccc(Br)s1)c1ccc(CCO)cc1. The molecule has 7 heteroatoms. The molecule has 0 fully saturated rings. The van der Waals surface area contributed by atoms with Crippen LogP contribution in [0.25, 0.3) is 0 Å². The van der Waals surface area contributed by atoms with Crippen LogP contribution in [0.4, 0.5) is 0 Å². The van der Waals surface area contributed by atoms with Crippen molar-refractivity contribution < 1.29 is 13.5 Å². The number of rotatable bonds is 6. The average Bonchev–Trinajstić information content (AvgIpc) is 2.84. The van der Waals surface area contributed by atoms with Gasteiger partial charge in [-0.25, -0.2) is 13.1 Å². The second-order valence-corrected chi connectivity index (χ2v) is 8.46. The summed E-state index contributed by atoms with van der Waals surface area (Å²) in [7, 11) is -3.50. The number of aliphatic hydroxyl groups excluding tert-OH is 1. The summed E-state index contributed by atoms with van der Waals surface area (Å²) < 4.78 is 27.8. The zero-order valence-electron chi connectivity index (χ0n) is 10.5. The Morgan fingerprint density at radius 3 is 2.40 bits per heavy atom. The number of benzene rings is 1. The number of sulfonamides is 1. The van der Waals surface area contributed by atoms with E-state index in [2.05, 4.69) is 20.7 Å². The van der Waals surface area contributed by atoms with Gasteiger partial charge < -0.3 is 5.11 Å². The molecule has 2 rings (SSSR count). The van der Waals surface area contributed by atoms with Gasteiger partial charge in [-0.3, -0.25) is 0 Å². The maximum Gasteiger partial charge on any atom is 0.240 e. The molecular weight excluding hydrogens is 362 g/mol. The monoisotopic (exact) mass is 375 g/mol. The molecule has 1 heterocycles. The van der Waals surface area contributed by atoms with Crippen molar-refractivity contribution in [2.75, 3.05) is 6.61 Å². The van der Waals surface area contributed by atoms with Crippen molar-refractivity contribution in [3.05, 3.63) is 50.6 Å². The first kappa shape index (κ1) is 15.7. The second-order valence-electron chi connectivity index (χ2n) is 4.15. The van der Waals surface area contributed by atoms with E-state index in [-0.39, 0.29) is 18.0 Å². The van der Waals surface area contributed by atoms with Crippen LogP contribution in [-0.4, -0.2) is 20.1 Å². The molecule has 0 unspecified atom stereocenters. The fourth-order valence-corrected chi connectivity index (χ4v) is 4.18. The lowest BCUT2D eigenvalue weighted by Crippen LogP contribution is -2.22. The smallest absolute Gasteiger partial charge is 0.240 e. The zero-order chi connectivity index (χ0) is 14.6. The molecule has 2 N–H and O–H groups in total. The molecule has 0 amide bonds. The average molecular weight is 376 g/mol. The van der Waals surface area contributed by atoms with E-state index >= 15 is 0 Å². The lowest BCUT2D eigenvalue weighted by Gasteiger charge is -2.06. The number of hydrogen-bond donors (Lipinski definition) is 2. The van der Waals surface area contributed by atoms with E-state index in [1.165, 1.54) is 11.3 Å². The summed E-state index contributed by atoms with van der Waals surface area (Å²) in [5, 5.41) is 8.83. The van der Waals surface area contributed by atoms with Gasteiger partial charge in [0.2, 0.25) is 10.0 Å². The first-order valence-electron chi connectivity index (χ1n) is 5.95. The quantitative estimate of drug-likeness (QED) is 0.814. The van der Waals surface area contributed by atoms with E-state index in [0.717, 1.165) is 14.2 Å². The van der Waals surface area contributed by atoms with E-state index in [4.69, 9.17) is 5.11 Å². The Kier molecular flexibility index (Phi) is 5.34. The van der Waals surface area contributed by atoms with Crippen LogP contribution in [-0.2, 0) is 23.0 Å². The largest absolute Gasteiger partial charge is 0.396 e. The molecule has 0 aliphatic heterocycles. The molecule has 0 bridgehead atoms. The summed E-state index contributed by atoms with van der Waals surface area (Å²) in [6, 6.07) is 10.3. The zero-order valence-corrected chi connectivity index (χ0v) is 13.8. The molecular formula is C13H14BrNO3S2. The molecule has 0 aliphatic rings. The summed E-state index contributed by atoms with van der Waals surface area (Å²) in [5.41, 5.74) is 0.911. The van der Waals surface area contributed by atoms with Crippen molar-refractivity contribution >= 4 is 37.3 Å². The van der Waals surface area contributed by atoms with Crippen LogP contribution in [0.3, 0.4) is 0 Å². The highest BCUT2D eigenvalue weighted by molar-refractivity contribution is 9.11. The van der Waals surface area contributed by atoms with E-state index in [9.17, 15) is 8.42 Å². The standard InChI is InChI=1S/C13H14BrNO3S2/c14-13-6-3-11(19-13)9-15-20(17,18)12-4-1-10(2-5-12)7-8-16/h1-6,15-16H,7-9H2. The van der Waals surface area contributed by atoms with Crippen molar-refractivity contribution in [1.29, 1.82) is 0 Å². The molecule has 1 aromatic carbocycles. The van der Waals surface area contributed by atoms with E-state index < -0.39 is 10.0 Å². The molecule has 0 saturated carbocycles. The van der Waals surface area contributed by atoms with Gasteiger partial charge in [0.1, 0.15) is 0 Å². The molecule has 0 saturated heterocycles. The van der Waals surface area contributed by atoms with Crippen molar-refractivity contribution in [2.24, 2.45) is 0 Å². The highest BCUT2D eigenvalue weighted by atomic mass is 79.9.